The summed E-state index contributed by atoms with van der Waals surface area (Å²) in [6.45, 7) is 2.43. The van der Waals surface area contributed by atoms with Gasteiger partial charge >= 0.3 is 6.09 Å². The molecule has 1 rings (SSSR count). The minimum atomic E-state index is -3.61. The standard InChI is InChI=1S/C15H23N3O6S/c1-4-5-12-24-15(19)16(2)10-11-17(25(3,22)23)13-6-8-14(9-7-13)18(20)21/h6-9H,4-5,10-12H2,1-3H3. The fourth-order valence-electron chi connectivity index (χ4n) is 1.97. The zero-order valence-electron chi connectivity index (χ0n) is 14.5. The number of nitro benzene ring substituents is 1. The van der Waals surface area contributed by atoms with E-state index in [0.29, 0.717) is 12.3 Å². The van der Waals surface area contributed by atoms with Crippen molar-refractivity contribution < 1.29 is 22.9 Å². The van der Waals surface area contributed by atoms with Gasteiger partial charge in [0, 0.05) is 25.7 Å². The Morgan fingerprint density at radius 1 is 1.24 bits per heavy atom. The topological polar surface area (TPSA) is 110 Å². The molecular formula is C15H23N3O6S. The number of carbonyl (C=O) groups is 1. The Bertz CT molecular complexity index is 690. The molecule has 25 heavy (non-hydrogen) atoms. The van der Waals surface area contributed by atoms with Crippen LogP contribution in [0.1, 0.15) is 19.8 Å². The largest absolute Gasteiger partial charge is 0.449 e. The highest BCUT2D eigenvalue weighted by atomic mass is 32.2. The first-order chi connectivity index (χ1) is 11.7. The van der Waals surface area contributed by atoms with Crippen molar-refractivity contribution in [2.24, 2.45) is 0 Å². The molecule has 0 aliphatic heterocycles. The summed E-state index contributed by atoms with van der Waals surface area (Å²) >= 11 is 0. The molecule has 0 N–H and O–H groups in total. The van der Waals surface area contributed by atoms with Crippen LogP contribution in [-0.4, -0.2) is 57.3 Å². The first kappa shape index (κ1) is 20.7. The summed E-state index contributed by atoms with van der Waals surface area (Å²) in [7, 11) is -2.09. The van der Waals surface area contributed by atoms with Crippen molar-refractivity contribution in [1.29, 1.82) is 0 Å². The smallest absolute Gasteiger partial charge is 0.409 e. The van der Waals surface area contributed by atoms with E-state index in [4.69, 9.17) is 4.74 Å². The molecule has 1 aromatic rings. The number of benzene rings is 1. The minimum Gasteiger partial charge on any atom is -0.449 e. The van der Waals surface area contributed by atoms with Crippen molar-refractivity contribution in [2.75, 3.05) is 37.3 Å². The average Bonchev–Trinajstić information content (AvgIpc) is 2.54. The Morgan fingerprint density at radius 2 is 1.84 bits per heavy atom. The second kappa shape index (κ2) is 9.21. The number of ether oxygens (including phenoxy) is 1. The van der Waals surface area contributed by atoms with Gasteiger partial charge in [0.15, 0.2) is 0 Å². The minimum absolute atomic E-state index is 0.00994. The first-order valence-corrected chi connectivity index (χ1v) is 9.61. The number of likely N-dealkylation sites (N-methyl/N-ethyl adjacent to an activating group) is 1. The number of rotatable bonds is 9. The molecule has 0 saturated heterocycles. The molecule has 0 unspecified atom stereocenters. The number of sulfonamides is 1. The summed E-state index contributed by atoms with van der Waals surface area (Å²) < 4.78 is 30.1. The van der Waals surface area contributed by atoms with E-state index >= 15 is 0 Å². The number of nitro groups is 1. The number of amides is 1. The molecular weight excluding hydrogens is 350 g/mol. The number of hydrogen-bond acceptors (Lipinski definition) is 6. The number of nitrogens with zero attached hydrogens (tertiary/aromatic N) is 3. The van der Waals surface area contributed by atoms with Crippen molar-refractivity contribution in [1.82, 2.24) is 4.90 Å². The van der Waals surface area contributed by atoms with Gasteiger partial charge in [-0.15, -0.1) is 0 Å². The third kappa shape index (κ3) is 6.57. The second-order valence-corrected chi connectivity index (χ2v) is 7.40. The van der Waals surface area contributed by atoms with Crippen LogP contribution in [0.2, 0.25) is 0 Å². The molecule has 10 heteroatoms. The highest BCUT2D eigenvalue weighted by molar-refractivity contribution is 7.92. The fourth-order valence-corrected chi connectivity index (χ4v) is 2.89. The number of non-ortho nitro benzene ring substituents is 1. The van der Waals surface area contributed by atoms with Crippen LogP contribution >= 0.6 is 0 Å². The Balaban J connectivity index is 2.78. The lowest BCUT2D eigenvalue weighted by atomic mass is 10.3. The molecule has 1 amide bonds. The molecule has 1 aromatic carbocycles. The zero-order valence-corrected chi connectivity index (χ0v) is 15.4. The third-order valence-electron chi connectivity index (χ3n) is 3.42. The zero-order chi connectivity index (χ0) is 19.0. The quantitative estimate of drug-likeness (QED) is 0.373. The maximum Gasteiger partial charge on any atom is 0.409 e. The number of hydrogen-bond donors (Lipinski definition) is 0. The van der Waals surface area contributed by atoms with Crippen molar-refractivity contribution in [3.63, 3.8) is 0 Å². The lowest BCUT2D eigenvalue weighted by Gasteiger charge is -2.25. The normalized spacial score (nSPS) is 11.0. The van der Waals surface area contributed by atoms with Crippen LogP contribution in [0.5, 0.6) is 0 Å². The van der Waals surface area contributed by atoms with E-state index in [1.54, 1.807) is 0 Å². The Labute approximate surface area is 147 Å². The van der Waals surface area contributed by atoms with Gasteiger partial charge in [0.05, 0.1) is 30.0 Å². The first-order valence-electron chi connectivity index (χ1n) is 7.77. The number of carbonyl (C=O) groups excluding carboxylic acids is 1. The van der Waals surface area contributed by atoms with Gasteiger partial charge in [-0.2, -0.15) is 0 Å². The summed E-state index contributed by atoms with van der Waals surface area (Å²) in [5.41, 5.74) is 0.162. The van der Waals surface area contributed by atoms with Crippen molar-refractivity contribution in [3.05, 3.63) is 34.4 Å². The molecule has 140 valence electrons. The summed E-state index contributed by atoms with van der Waals surface area (Å²) in [5.74, 6) is 0. The van der Waals surface area contributed by atoms with E-state index in [0.717, 1.165) is 23.4 Å². The Kier molecular flexibility index (Phi) is 7.62. The predicted molar refractivity (Wildman–Crippen MR) is 94.2 cm³/mol. The van der Waals surface area contributed by atoms with E-state index in [1.807, 2.05) is 6.92 Å². The number of anilines is 1. The highest BCUT2D eigenvalue weighted by Crippen LogP contribution is 2.21. The molecule has 0 atom stereocenters. The Morgan fingerprint density at radius 3 is 2.32 bits per heavy atom. The highest BCUT2D eigenvalue weighted by Gasteiger charge is 2.20. The van der Waals surface area contributed by atoms with Gasteiger partial charge in [0.1, 0.15) is 0 Å². The summed E-state index contributed by atoms with van der Waals surface area (Å²) in [6, 6.07) is 5.18. The lowest BCUT2D eigenvalue weighted by Crippen LogP contribution is -2.39. The van der Waals surface area contributed by atoms with Crippen molar-refractivity contribution >= 4 is 27.5 Å². The van der Waals surface area contributed by atoms with Crippen LogP contribution < -0.4 is 4.31 Å². The van der Waals surface area contributed by atoms with Crippen molar-refractivity contribution in [3.8, 4) is 0 Å². The molecule has 0 saturated carbocycles. The van der Waals surface area contributed by atoms with E-state index in [1.165, 1.54) is 36.2 Å². The summed E-state index contributed by atoms with van der Waals surface area (Å²) in [6.07, 6.45) is 2.18. The van der Waals surface area contributed by atoms with Crippen LogP contribution in [0.3, 0.4) is 0 Å². The molecule has 0 spiro atoms. The van der Waals surface area contributed by atoms with Gasteiger partial charge in [0.25, 0.3) is 5.69 Å². The Hall–Kier alpha value is -2.36. The maximum atomic E-state index is 12.0. The van der Waals surface area contributed by atoms with Crippen molar-refractivity contribution in [2.45, 2.75) is 19.8 Å². The van der Waals surface area contributed by atoms with Gasteiger partial charge in [-0.1, -0.05) is 13.3 Å². The molecule has 0 heterocycles. The molecule has 0 aliphatic rings. The fraction of sp³-hybridized carbons (Fsp3) is 0.533. The van der Waals surface area contributed by atoms with Gasteiger partial charge < -0.3 is 9.64 Å². The molecule has 0 aromatic heterocycles. The van der Waals surface area contributed by atoms with Gasteiger partial charge in [0.2, 0.25) is 10.0 Å². The van der Waals surface area contributed by atoms with E-state index in [9.17, 15) is 23.3 Å². The van der Waals surface area contributed by atoms with Gasteiger partial charge in [-0.3, -0.25) is 14.4 Å². The SMILES string of the molecule is CCCCOC(=O)N(C)CCN(c1ccc([N+](=O)[O-])cc1)S(C)(=O)=O. The molecule has 0 radical (unpaired) electrons. The predicted octanol–water partition coefficient (Wildman–Crippen LogP) is 2.23. The van der Waals surface area contributed by atoms with Crippen LogP contribution in [-0.2, 0) is 14.8 Å². The third-order valence-corrected chi connectivity index (χ3v) is 4.62. The molecule has 0 bridgehead atoms. The second-order valence-electron chi connectivity index (χ2n) is 5.50. The van der Waals surface area contributed by atoms with Crippen LogP contribution in [0.4, 0.5) is 16.2 Å². The monoisotopic (exact) mass is 373 g/mol. The van der Waals surface area contributed by atoms with E-state index in [2.05, 4.69) is 0 Å². The molecule has 0 fully saturated rings. The molecule has 9 nitrogen and oxygen atoms in total. The van der Waals surface area contributed by atoms with Crippen LogP contribution in [0, 0.1) is 10.1 Å². The van der Waals surface area contributed by atoms with Gasteiger partial charge in [-0.05, 0) is 18.6 Å². The number of unbranched alkanes of at least 4 members (excludes halogenated alkanes) is 1. The van der Waals surface area contributed by atoms with Crippen LogP contribution in [0.15, 0.2) is 24.3 Å². The summed E-state index contributed by atoms with van der Waals surface area (Å²) in [5, 5.41) is 10.7. The average molecular weight is 373 g/mol. The van der Waals surface area contributed by atoms with Gasteiger partial charge in [-0.25, -0.2) is 13.2 Å². The van der Waals surface area contributed by atoms with E-state index < -0.39 is 21.0 Å². The maximum absolute atomic E-state index is 12.0. The lowest BCUT2D eigenvalue weighted by molar-refractivity contribution is -0.384. The molecule has 0 aliphatic carbocycles. The summed E-state index contributed by atoms with van der Waals surface area (Å²) in [4.78, 5) is 23.2. The van der Waals surface area contributed by atoms with E-state index in [-0.39, 0.29) is 18.8 Å². The van der Waals surface area contributed by atoms with Crippen LogP contribution in [0.25, 0.3) is 0 Å².